The first-order valence-corrected chi connectivity index (χ1v) is 12.2. The van der Waals surface area contributed by atoms with E-state index < -0.39 is 16.1 Å². The SMILES string of the molecule is COc1cccc(C2CC(c3ccc(Br)cc3)=NN2S(=O)(=O)c2ccccc2C)c1OC. The number of hydrazone groups is 1. The fourth-order valence-electron chi connectivity index (χ4n) is 3.88. The molecule has 32 heavy (non-hydrogen) atoms. The Balaban J connectivity index is 1.88. The van der Waals surface area contributed by atoms with E-state index in [0.29, 0.717) is 34.8 Å². The Labute approximate surface area is 196 Å². The van der Waals surface area contributed by atoms with Crippen LogP contribution < -0.4 is 9.47 Å². The van der Waals surface area contributed by atoms with Gasteiger partial charge in [-0.3, -0.25) is 0 Å². The number of hydrogen-bond donors (Lipinski definition) is 0. The summed E-state index contributed by atoms with van der Waals surface area (Å²) in [5.74, 6) is 1.03. The third-order valence-electron chi connectivity index (χ3n) is 5.46. The predicted octanol–water partition coefficient (Wildman–Crippen LogP) is 5.31. The van der Waals surface area contributed by atoms with Gasteiger partial charge in [-0.1, -0.05) is 58.4 Å². The average molecular weight is 515 g/mol. The van der Waals surface area contributed by atoms with Gasteiger partial charge in [-0.2, -0.15) is 17.9 Å². The van der Waals surface area contributed by atoms with Crippen LogP contribution in [-0.4, -0.2) is 32.8 Å². The zero-order valence-corrected chi connectivity index (χ0v) is 20.4. The van der Waals surface area contributed by atoms with Crippen molar-refractivity contribution in [2.75, 3.05) is 14.2 Å². The molecule has 0 bridgehead atoms. The number of hydrogen-bond acceptors (Lipinski definition) is 5. The monoisotopic (exact) mass is 514 g/mol. The largest absolute Gasteiger partial charge is 0.493 e. The van der Waals surface area contributed by atoms with E-state index in [1.165, 1.54) is 4.41 Å². The standard InChI is InChI=1S/C24H23BrN2O4S/c1-16-7-4-5-10-23(16)32(28,29)27-21(19-8-6-9-22(30-2)24(19)31-3)15-20(26-27)17-11-13-18(25)14-12-17/h4-14,21H,15H2,1-3H3. The second-order valence-corrected chi connectivity index (χ2v) is 10.1. The highest BCUT2D eigenvalue weighted by Gasteiger charge is 2.40. The zero-order valence-electron chi connectivity index (χ0n) is 17.9. The quantitative estimate of drug-likeness (QED) is 0.446. The van der Waals surface area contributed by atoms with Gasteiger partial charge in [0.1, 0.15) is 0 Å². The maximum Gasteiger partial charge on any atom is 0.279 e. The van der Waals surface area contributed by atoms with E-state index in [1.54, 1.807) is 45.4 Å². The summed E-state index contributed by atoms with van der Waals surface area (Å²) < 4.78 is 40.8. The molecule has 1 aliphatic rings. The minimum absolute atomic E-state index is 0.229. The van der Waals surface area contributed by atoms with Crippen molar-refractivity contribution >= 4 is 31.7 Å². The second-order valence-electron chi connectivity index (χ2n) is 7.40. The van der Waals surface area contributed by atoms with Crippen molar-refractivity contribution in [1.29, 1.82) is 0 Å². The van der Waals surface area contributed by atoms with Crippen molar-refractivity contribution in [3.8, 4) is 11.5 Å². The van der Waals surface area contributed by atoms with Gasteiger partial charge in [0.25, 0.3) is 10.0 Å². The molecule has 8 heteroatoms. The molecular weight excluding hydrogens is 492 g/mol. The van der Waals surface area contributed by atoms with Crippen LogP contribution in [0.2, 0.25) is 0 Å². The smallest absolute Gasteiger partial charge is 0.279 e. The number of methoxy groups -OCH3 is 2. The van der Waals surface area contributed by atoms with Gasteiger partial charge in [0.2, 0.25) is 0 Å². The molecule has 6 nitrogen and oxygen atoms in total. The summed E-state index contributed by atoms with van der Waals surface area (Å²) in [5, 5.41) is 4.62. The van der Waals surface area contributed by atoms with Crippen molar-refractivity contribution in [1.82, 2.24) is 4.41 Å². The molecule has 0 N–H and O–H groups in total. The van der Waals surface area contributed by atoms with Crippen molar-refractivity contribution in [2.24, 2.45) is 5.10 Å². The van der Waals surface area contributed by atoms with E-state index in [-0.39, 0.29) is 4.90 Å². The first-order chi connectivity index (χ1) is 15.4. The summed E-state index contributed by atoms with van der Waals surface area (Å²) in [4.78, 5) is 0.229. The van der Waals surface area contributed by atoms with Gasteiger partial charge >= 0.3 is 0 Å². The van der Waals surface area contributed by atoms with Crippen molar-refractivity contribution < 1.29 is 17.9 Å². The molecule has 0 saturated carbocycles. The van der Waals surface area contributed by atoms with Gasteiger partial charge in [-0.15, -0.1) is 0 Å². The summed E-state index contributed by atoms with van der Waals surface area (Å²) in [5.41, 5.74) is 2.91. The maximum absolute atomic E-state index is 13.8. The number of halogens is 1. The molecule has 1 heterocycles. The molecule has 0 aromatic heterocycles. The average Bonchev–Trinajstić information content (AvgIpc) is 3.25. The minimum Gasteiger partial charge on any atom is -0.493 e. The molecule has 0 radical (unpaired) electrons. The molecule has 0 fully saturated rings. The van der Waals surface area contributed by atoms with Crippen molar-refractivity contribution in [2.45, 2.75) is 24.3 Å². The number of para-hydroxylation sites is 1. The first kappa shape index (κ1) is 22.4. The van der Waals surface area contributed by atoms with Crippen LogP contribution in [0.3, 0.4) is 0 Å². The molecule has 0 amide bonds. The highest BCUT2D eigenvalue weighted by molar-refractivity contribution is 9.10. The molecule has 4 rings (SSSR count). The van der Waals surface area contributed by atoms with Crippen LogP contribution in [0.25, 0.3) is 0 Å². The van der Waals surface area contributed by atoms with Crippen LogP contribution in [-0.2, 0) is 10.0 Å². The molecule has 3 aromatic rings. The van der Waals surface area contributed by atoms with Crippen LogP contribution >= 0.6 is 15.9 Å². The molecule has 1 aliphatic heterocycles. The van der Waals surface area contributed by atoms with Crippen molar-refractivity contribution in [3.63, 3.8) is 0 Å². The van der Waals surface area contributed by atoms with Crippen LogP contribution in [0.15, 0.2) is 81.2 Å². The fourth-order valence-corrected chi connectivity index (χ4v) is 5.80. The van der Waals surface area contributed by atoms with Crippen LogP contribution in [0.5, 0.6) is 11.5 Å². The molecular formula is C24H23BrN2O4S. The Morgan fingerprint density at radius 3 is 2.34 bits per heavy atom. The Morgan fingerprint density at radius 1 is 0.969 bits per heavy atom. The van der Waals surface area contributed by atoms with E-state index in [0.717, 1.165) is 10.0 Å². The minimum atomic E-state index is -3.92. The highest BCUT2D eigenvalue weighted by atomic mass is 79.9. The van der Waals surface area contributed by atoms with E-state index >= 15 is 0 Å². The van der Waals surface area contributed by atoms with Gasteiger partial charge < -0.3 is 9.47 Å². The molecule has 1 atom stereocenters. The highest BCUT2D eigenvalue weighted by Crippen LogP contribution is 2.44. The van der Waals surface area contributed by atoms with Crippen LogP contribution in [0, 0.1) is 6.92 Å². The predicted molar refractivity (Wildman–Crippen MR) is 128 cm³/mol. The van der Waals surface area contributed by atoms with Gasteiger partial charge in [0, 0.05) is 16.5 Å². The Bertz CT molecular complexity index is 1270. The number of sulfonamides is 1. The fraction of sp³-hybridized carbons (Fsp3) is 0.208. The van der Waals surface area contributed by atoms with Gasteiger partial charge in [-0.05, 0) is 42.3 Å². The zero-order chi connectivity index (χ0) is 22.9. The van der Waals surface area contributed by atoms with E-state index in [9.17, 15) is 8.42 Å². The topological polar surface area (TPSA) is 68.2 Å². The Hall–Kier alpha value is -2.84. The summed E-state index contributed by atoms with van der Waals surface area (Å²) in [6.07, 6.45) is 0.399. The molecule has 0 spiro atoms. The lowest BCUT2D eigenvalue weighted by Crippen LogP contribution is -2.28. The van der Waals surface area contributed by atoms with E-state index in [2.05, 4.69) is 21.0 Å². The number of rotatable bonds is 6. The number of ether oxygens (including phenoxy) is 2. The van der Waals surface area contributed by atoms with E-state index in [1.807, 2.05) is 42.5 Å². The summed E-state index contributed by atoms with van der Waals surface area (Å²) in [6.45, 7) is 1.78. The number of benzene rings is 3. The molecule has 166 valence electrons. The normalized spacial score (nSPS) is 16.1. The molecule has 0 saturated heterocycles. The first-order valence-electron chi connectivity index (χ1n) is 10.0. The molecule has 3 aromatic carbocycles. The van der Waals surface area contributed by atoms with Gasteiger partial charge in [0.15, 0.2) is 11.5 Å². The Morgan fingerprint density at radius 2 is 1.69 bits per heavy atom. The van der Waals surface area contributed by atoms with Crippen LogP contribution in [0.4, 0.5) is 0 Å². The van der Waals surface area contributed by atoms with E-state index in [4.69, 9.17) is 9.47 Å². The summed E-state index contributed by atoms with van der Waals surface area (Å²) in [7, 11) is -0.814. The van der Waals surface area contributed by atoms with Gasteiger partial charge in [0.05, 0.1) is 30.9 Å². The Kier molecular flexibility index (Phi) is 6.26. The third kappa shape index (κ3) is 4.00. The maximum atomic E-state index is 13.8. The lowest BCUT2D eigenvalue weighted by atomic mass is 9.98. The lowest BCUT2D eigenvalue weighted by molar-refractivity contribution is 0.328. The molecule has 0 aliphatic carbocycles. The summed E-state index contributed by atoms with van der Waals surface area (Å²) >= 11 is 3.44. The number of aryl methyl sites for hydroxylation is 1. The van der Waals surface area contributed by atoms with Crippen molar-refractivity contribution in [3.05, 3.63) is 87.9 Å². The third-order valence-corrected chi connectivity index (χ3v) is 7.83. The molecule has 1 unspecified atom stereocenters. The number of nitrogens with zero attached hydrogens (tertiary/aromatic N) is 2. The van der Waals surface area contributed by atoms with Crippen LogP contribution in [0.1, 0.15) is 29.2 Å². The second kappa shape index (κ2) is 8.96. The summed E-state index contributed by atoms with van der Waals surface area (Å²) in [6, 6.07) is 19.5. The van der Waals surface area contributed by atoms with Gasteiger partial charge in [-0.25, -0.2) is 0 Å². The lowest BCUT2D eigenvalue weighted by Gasteiger charge is -2.26.